The maximum Gasteiger partial charge on any atom is 0.252 e. The molecule has 132 valence electrons. The molecule has 0 aliphatic carbocycles. The molecule has 0 N–H and O–H groups in total. The first-order valence-electron chi connectivity index (χ1n) is 7.00. The number of thioether (sulfide) groups is 1. The molecule has 2 aromatic heterocycles. The zero-order chi connectivity index (χ0) is 17.1. The highest BCUT2D eigenvalue weighted by atomic mass is 35.5. The Labute approximate surface area is 165 Å². The van der Waals surface area contributed by atoms with Crippen LogP contribution in [0.15, 0.2) is 43.9 Å². The molecule has 0 aliphatic heterocycles. The Bertz CT molecular complexity index is 889. The SMILES string of the molecule is C.CCSc1nnc(N=Nc2cn(-c3cc(S)ccc3Cl)nc2C)s1. The molecular formula is C15H17ClN6S3. The molecule has 0 aliphatic rings. The molecule has 10 heteroatoms. The second kappa shape index (κ2) is 8.79. The highest BCUT2D eigenvalue weighted by molar-refractivity contribution is 8.01. The van der Waals surface area contributed by atoms with Crippen LogP contribution in [-0.2, 0) is 0 Å². The molecule has 3 rings (SSSR count). The quantitative estimate of drug-likeness (QED) is 0.310. The van der Waals surface area contributed by atoms with Crippen molar-refractivity contribution in [2.24, 2.45) is 10.2 Å². The molecule has 25 heavy (non-hydrogen) atoms. The van der Waals surface area contributed by atoms with Gasteiger partial charge < -0.3 is 0 Å². The van der Waals surface area contributed by atoms with Crippen LogP contribution < -0.4 is 0 Å². The van der Waals surface area contributed by atoms with Crippen molar-refractivity contribution >= 4 is 58.1 Å². The van der Waals surface area contributed by atoms with Crippen molar-refractivity contribution in [3.8, 4) is 5.69 Å². The van der Waals surface area contributed by atoms with Gasteiger partial charge in [-0.1, -0.05) is 49.1 Å². The maximum atomic E-state index is 6.23. The Morgan fingerprint density at radius 2 is 2.12 bits per heavy atom. The number of aryl methyl sites for hydroxylation is 1. The fourth-order valence-electron chi connectivity index (χ4n) is 1.87. The van der Waals surface area contributed by atoms with E-state index in [0.717, 1.165) is 26.4 Å². The smallest absolute Gasteiger partial charge is 0.237 e. The summed E-state index contributed by atoms with van der Waals surface area (Å²) in [5.41, 5.74) is 2.13. The van der Waals surface area contributed by atoms with E-state index in [4.69, 9.17) is 11.6 Å². The van der Waals surface area contributed by atoms with Crippen LogP contribution >= 0.6 is 47.3 Å². The van der Waals surface area contributed by atoms with Gasteiger partial charge in [0.25, 0.3) is 5.13 Å². The molecule has 0 atom stereocenters. The molecule has 0 spiro atoms. The van der Waals surface area contributed by atoms with E-state index < -0.39 is 0 Å². The summed E-state index contributed by atoms with van der Waals surface area (Å²) in [6.07, 6.45) is 1.77. The summed E-state index contributed by atoms with van der Waals surface area (Å²) >= 11 is 13.6. The minimum Gasteiger partial charge on any atom is -0.237 e. The lowest BCUT2D eigenvalue weighted by Gasteiger charge is -2.04. The molecule has 1 aromatic carbocycles. The first kappa shape index (κ1) is 19.9. The molecular weight excluding hydrogens is 396 g/mol. The van der Waals surface area contributed by atoms with Gasteiger partial charge in [0.05, 0.1) is 22.6 Å². The molecule has 0 amide bonds. The van der Waals surface area contributed by atoms with Crippen LogP contribution in [0.2, 0.25) is 5.02 Å². The Morgan fingerprint density at radius 1 is 1.32 bits per heavy atom. The van der Waals surface area contributed by atoms with Crippen LogP contribution in [0.1, 0.15) is 20.0 Å². The first-order chi connectivity index (χ1) is 11.6. The number of rotatable bonds is 5. The summed E-state index contributed by atoms with van der Waals surface area (Å²) in [6, 6.07) is 5.46. The zero-order valence-corrected chi connectivity index (χ0v) is 16.1. The predicted molar refractivity (Wildman–Crippen MR) is 108 cm³/mol. The average Bonchev–Trinajstić information content (AvgIpc) is 3.15. The van der Waals surface area contributed by atoms with Gasteiger partial charge >= 0.3 is 0 Å². The molecule has 0 saturated carbocycles. The fourth-order valence-corrected chi connectivity index (χ4v) is 3.83. The third kappa shape index (κ3) is 4.81. The van der Waals surface area contributed by atoms with Crippen molar-refractivity contribution in [2.75, 3.05) is 5.75 Å². The Morgan fingerprint density at radius 3 is 2.88 bits per heavy atom. The van der Waals surface area contributed by atoms with Crippen molar-refractivity contribution in [3.63, 3.8) is 0 Å². The number of hydrogen-bond acceptors (Lipinski definition) is 8. The van der Waals surface area contributed by atoms with Gasteiger partial charge in [-0.15, -0.1) is 33.1 Å². The second-order valence-electron chi connectivity index (χ2n) is 4.66. The van der Waals surface area contributed by atoms with Gasteiger partial charge in [-0.3, -0.25) is 0 Å². The highest BCUT2D eigenvalue weighted by Crippen LogP contribution is 2.30. The van der Waals surface area contributed by atoms with Gasteiger partial charge in [0.1, 0.15) is 5.69 Å². The van der Waals surface area contributed by atoms with E-state index >= 15 is 0 Å². The van der Waals surface area contributed by atoms with E-state index in [1.165, 1.54) is 11.3 Å². The number of halogens is 1. The maximum absolute atomic E-state index is 6.23. The lowest BCUT2D eigenvalue weighted by molar-refractivity contribution is 0.860. The number of azo groups is 1. The van der Waals surface area contributed by atoms with E-state index in [9.17, 15) is 0 Å². The van der Waals surface area contributed by atoms with Gasteiger partial charge in [-0.25, -0.2) is 4.68 Å². The Hall–Kier alpha value is -1.42. The van der Waals surface area contributed by atoms with Crippen molar-refractivity contribution in [3.05, 3.63) is 35.1 Å². The molecule has 6 nitrogen and oxygen atoms in total. The monoisotopic (exact) mass is 412 g/mol. The molecule has 0 radical (unpaired) electrons. The molecule has 0 unspecified atom stereocenters. The van der Waals surface area contributed by atoms with Crippen molar-refractivity contribution in [2.45, 2.75) is 30.5 Å². The number of nitrogens with zero attached hydrogens (tertiary/aromatic N) is 6. The summed E-state index contributed by atoms with van der Waals surface area (Å²) in [5, 5.41) is 22.0. The largest absolute Gasteiger partial charge is 0.252 e. The van der Waals surface area contributed by atoms with Crippen LogP contribution in [0.4, 0.5) is 10.8 Å². The molecule has 2 heterocycles. The van der Waals surface area contributed by atoms with Crippen molar-refractivity contribution < 1.29 is 0 Å². The summed E-state index contributed by atoms with van der Waals surface area (Å²) in [5.74, 6) is 0.947. The molecule has 0 saturated heterocycles. The zero-order valence-electron chi connectivity index (χ0n) is 12.8. The third-order valence-corrected chi connectivity index (χ3v) is 5.38. The third-order valence-electron chi connectivity index (χ3n) is 2.96. The summed E-state index contributed by atoms with van der Waals surface area (Å²) < 4.78 is 2.56. The van der Waals surface area contributed by atoms with Crippen LogP contribution in [0, 0.1) is 6.92 Å². The number of thiol groups is 1. The standard InChI is InChI=1S/C14H13ClN6S3.CH4/c1-3-23-14-19-18-13(24-14)17-16-11-7-21(20-8(11)2)12-6-9(22)4-5-10(12)15;/h4-7,22H,3H2,1-2H3;1H4. The van der Waals surface area contributed by atoms with E-state index in [1.807, 2.05) is 19.1 Å². The van der Waals surface area contributed by atoms with E-state index in [1.54, 1.807) is 28.7 Å². The van der Waals surface area contributed by atoms with E-state index in [-0.39, 0.29) is 7.43 Å². The van der Waals surface area contributed by atoms with Crippen molar-refractivity contribution in [1.29, 1.82) is 0 Å². The van der Waals surface area contributed by atoms with Gasteiger partial charge in [-0.2, -0.15) is 5.10 Å². The van der Waals surface area contributed by atoms with Crippen LogP contribution in [-0.4, -0.2) is 25.7 Å². The summed E-state index contributed by atoms with van der Waals surface area (Å²) in [7, 11) is 0. The lowest BCUT2D eigenvalue weighted by Crippen LogP contribution is -1.95. The van der Waals surface area contributed by atoms with Gasteiger partial charge in [0.15, 0.2) is 4.34 Å². The number of aromatic nitrogens is 4. The van der Waals surface area contributed by atoms with Crippen LogP contribution in [0.5, 0.6) is 0 Å². The number of benzene rings is 1. The van der Waals surface area contributed by atoms with E-state index in [0.29, 0.717) is 15.8 Å². The highest BCUT2D eigenvalue weighted by Gasteiger charge is 2.10. The van der Waals surface area contributed by atoms with Gasteiger partial charge in [0.2, 0.25) is 0 Å². The topological polar surface area (TPSA) is 68.3 Å². The van der Waals surface area contributed by atoms with Crippen LogP contribution in [0.25, 0.3) is 5.69 Å². The normalized spacial score (nSPS) is 11.0. The molecule has 3 aromatic rings. The van der Waals surface area contributed by atoms with Crippen molar-refractivity contribution in [1.82, 2.24) is 20.0 Å². The molecule has 0 bridgehead atoms. The minimum absolute atomic E-state index is 0. The number of hydrogen-bond donors (Lipinski definition) is 1. The lowest BCUT2D eigenvalue weighted by atomic mass is 10.3. The summed E-state index contributed by atoms with van der Waals surface area (Å²) in [6.45, 7) is 3.93. The average molecular weight is 413 g/mol. The first-order valence-corrected chi connectivity index (χ1v) is 9.62. The summed E-state index contributed by atoms with van der Waals surface area (Å²) in [4.78, 5) is 0.806. The molecule has 0 fully saturated rings. The Kier molecular flexibility index (Phi) is 7.00. The second-order valence-corrected chi connectivity index (χ2v) is 8.05. The van der Waals surface area contributed by atoms with E-state index in [2.05, 4.69) is 45.1 Å². The fraction of sp³-hybridized carbons (Fsp3) is 0.267. The predicted octanol–water partition coefficient (Wildman–Crippen LogP) is 6.14. The van der Waals surface area contributed by atoms with Crippen LogP contribution in [0.3, 0.4) is 0 Å². The Balaban J connectivity index is 0.00000225. The van der Waals surface area contributed by atoms with Gasteiger partial charge in [0, 0.05) is 4.90 Å². The minimum atomic E-state index is 0. The van der Waals surface area contributed by atoms with Gasteiger partial charge in [-0.05, 0) is 30.9 Å².